The van der Waals surface area contributed by atoms with Gasteiger partial charge in [-0.25, -0.2) is 0 Å². The molecule has 0 saturated carbocycles. The fourth-order valence-corrected chi connectivity index (χ4v) is 8.78. The molecule has 13 heteroatoms. The summed E-state index contributed by atoms with van der Waals surface area (Å²) in [5.41, 5.74) is 9.23. The molecule has 6 atom stereocenters. The van der Waals surface area contributed by atoms with Gasteiger partial charge in [-0.15, -0.1) is 0 Å². The second kappa shape index (κ2) is 20.2. The van der Waals surface area contributed by atoms with Crippen molar-refractivity contribution in [3.05, 3.63) is 179 Å². The molecule has 6 aliphatic heterocycles. The average molecular weight is 963 g/mol. The summed E-state index contributed by atoms with van der Waals surface area (Å²) < 4.78 is 55.1. The van der Waals surface area contributed by atoms with Gasteiger partial charge >= 0.3 is 0 Å². The quantitative estimate of drug-likeness (QED) is 0.0649. The third-order valence-corrected chi connectivity index (χ3v) is 13.7. The number of hydrogen-bond donors (Lipinski definition) is 1. The van der Waals surface area contributed by atoms with Crippen molar-refractivity contribution in [2.45, 2.75) is 88.5 Å². The van der Waals surface area contributed by atoms with Crippen molar-refractivity contribution in [1.82, 2.24) is 0 Å². The van der Waals surface area contributed by atoms with E-state index < -0.39 is 6.10 Å². The molecule has 6 fully saturated rings. The van der Waals surface area contributed by atoms with Gasteiger partial charge in [-0.1, -0.05) is 100 Å². The monoisotopic (exact) mass is 962 g/mol. The van der Waals surface area contributed by atoms with Crippen molar-refractivity contribution in [3.8, 4) is 23.0 Å². The zero-order chi connectivity index (χ0) is 48.5. The summed E-state index contributed by atoms with van der Waals surface area (Å²) in [6.45, 7) is 13.5. The maximum atomic E-state index is 10.5. The number of aliphatic hydroxyl groups excluding tert-OH is 1. The van der Waals surface area contributed by atoms with E-state index in [0.29, 0.717) is 24.7 Å². The molecule has 0 aliphatic carbocycles. The standard InChI is InChI=1S/C37H40O7.C21H22N2O4/c1-36(2,27-9-17-32(18-10-27)43-34-23-41-34)25-5-13-30(14-6-25)39-21-29(38)22-40-31-15-7-26(8-16-31)37(3,4)28-11-19-33(20-12-28)44-35-24-42-35;1-5-16(22(18-10-24-18)19-11-25-19)6-2-14(1)9-15-3-7-17(8-4-15)23(20-12-26-20)21-13-27-21/h5-20,29,34-35,38H,21-24H2,1-4H3;1-8,18-21H,9-13H2. The second-order valence-corrected chi connectivity index (χ2v) is 19.9. The molecule has 6 heterocycles. The van der Waals surface area contributed by atoms with Crippen molar-refractivity contribution in [3.63, 3.8) is 0 Å². The molecule has 6 aromatic carbocycles. The van der Waals surface area contributed by atoms with E-state index >= 15 is 0 Å². The van der Waals surface area contributed by atoms with Crippen molar-refractivity contribution in [2.75, 3.05) is 62.7 Å². The van der Waals surface area contributed by atoms with Gasteiger partial charge < -0.3 is 62.3 Å². The van der Waals surface area contributed by atoms with Gasteiger partial charge in [0.1, 0.15) is 55.5 Å². The molecule has 71 heavy (non-hydrogen) atoms. The second-order valence-electron chi connectivity index (χ2n) is 19.9. The molecule has 0 bridgehead atoms. The Morgan fingerprint density at radius 1 is 0.423 bits per heavy atom. The number of nitrogens with zero attached hydrogens (tertiary/aromatic N) is 2. The molecule has 12 rings (SSSR count). The first kappa shape index (κ1) is 47.2. The van der Waals surface area contributed by atoms with Crippen molar-refractivity contribution < 1.29 is 52.5 Å². The summed E-state index contributed by atoms with van der Waals surface area (Å²) in [6.07, 6.45) is 0.680. The Morgan fingerprint density at radius 2 is 0.704 bits per heavy atom. The Hall–Kier alpha value is -6.16. The van der Waals surface area contributed by atoms with Crippen LogP contribution >= 0.6 is 0 Å². The molecule has 0 spiro atoms. The SMILES string of the molecule is CC(C)(c1ccc(OCC(O)COc2ccc(C(C)(C)c3ccc(OC4CO4)cc3)cc2)cc1)c1ccc(OC2CO2)cc1.c1cc(N(C2CO2)C2CO2)ccc1Cc1ccc(N(C2CO2)C2CO2)cc1. The summed E-state index contributed by atoms with van der Waals surface area (Å²) in [5.74, 6) is 3.02. The predicted octanol–water partition coefficient (Wildman–Crippen LogP) is 8.94. The molecule has 370 valence electrons. The molecule has 0 amide bonds. The third-order valence-electron chi connectivity index (χ3n) is 13.7. The first-order valence-electron chi connectivity index (χ1n) is 24.7. The zero-order valence-corrected chi connectivity index (χ0v) is 40.7. The zero-order valence-electron chi connectivity index (χ0n) is 40.7. The number of rotatable bonds is 22. The van der Waals surface area contributed by atoms with E-state index in [1.54, 1.807) is 0 Å². The molecule has 13 nitrogen and oxygen atoms in total. The highest BCUT2D eigenvalue weighted by molar-refractivity contribution is 5.53. The maximum Gasteiger partial charge on any atom is 0.223 e. The van der Waals surface area contributed by atoms with Crippen molar-refractivity contribution in [1.29, 1.82) is 0 Å². The van der Waals surface area contributed by atoms with E-state index in [1.807, 2.05) is 48.5 Å². The van der Waals surface area contributed by atoms with Crippen molar-refractivity contribution >= 4 is 11.4 Å². The summed E-state index contributed by atoms with van der Waals surface area (Å²) in [6, 6.07) is 49.8. The summed E-state index contributed by atoms with van der Waals surface area (Å²) in [4.78, 5) is 4.46. The van der Waals surface area contributed by atoms with Crippen LogP contribution in [0.1, 0.15) is 61.1 Å². The predicted molar refractivity (Wildman–Crippen MR) is 267 cm³/mol. The van der Waals surface area contributed by atoms with Gasteiger partial charge in [-0.05, 0) is 113 Å². The summed E-state index contributed by atoms with van der Waals surface area (Å²) in [7, 11) is 0. The highest BCUT2D eigenvalue weighted by Crippen LogP contribution is 2.37. The van der Waals surface area contributed by atoms with Gasteiger partial charge in [0.2, 0.25) is 12.6 Å². The van der Waals surface area contributed by atoms with Gasteiger partial charge in [-0.3, -0.25) is 0 Å². The number of aliphatic hydroxyl groups is 1. The highest BCUT2D eigenvalue weighted by Gasteiger charge is 2.43. The summed E-state index contributed by atoms with van der Waals surface area (Å²) in [5, 5.41) is 10.5. The topological polar surface area (TPSA) is 139 Å². The van der Waals surface area contributed by atoms with Crippen molar-refractivity contribution in [2.24, 2.45) is 0 Å². The van der Waals surface area contributed by atoms with Crippen LogP contribution in [0.15, 0.2) is 146 Å². The molecular formula is C58H62N2O11. The van der Waals surface area contributed by atoms with Gasteiger partial charge in [0.25, 0.3) is 0 Å². The van der Waals surface area contributed by atoms with Crippen LogP contribution in [0.5, 0.6) is 23.0 Å². The molecule has 0 radical (unpaired) electrons. The van der Waals surface area contributed by atoms with Gasteiger partial charge in [0.15, 0.2) is 24.9 Å². The van der Waals surface area contributed by atoms with Gasteiger partial charge in [0.05, 0.1) is 26.4 Å². The number of hydrogen-bond acceptors (Lipinski definition) is 13. The van der Waals surface area contributed by atoms with E-state index in [0.717, 1.165) is 55.5 Å². The molecular weight excluding hydrogens is 901 g/mol. The Kier molecular flexibility index (Phi) is 13.4. The van der Waals surface area contributed by atoms with Gasteiger partial charge in [0, 0.05) is 22.2 Å². The van der Waals surface area contributed by atoms with Crippen LogP contribution in [0.4, 0.5) is 11.4 Å². The lowest BCUT2D eigenvalue weighted by Gasteiger charge is -2.26. The third kappa shape index (κ3) is 12.1. The first-order chi connectivity index (χ1) is 34.5. The lowest BCUT2D eigenvalue weighted by Crippen LogP contribution is -2.29. The molecule has 6 aromatic rings. The van der Waals surface area contributed by atoms with Crippen LogP contribution < -0.4 is 28.7 Å². The Balaban J connectivity index is 0.000000172. The Bertz CT molecular complexity index is 2460. The average Bonchev–Trinajstić information content (AvgIpc) is 4.17. The van der Waals surface area contributed by atoms with Crippen LogP contribution in [-0.2, 0) is 45.7 Å². The first-order valence-corrected chi connectivity index (χ1v) is 24.7. The summed E-state index contributed by atoms with van der Waals surface area (Å²) >= 11 is 0. The normalized spacial score (nSPS) is 22.7. The molecule has 6 unspecified atom stereocenters. The molecule has 1 N–H and O–H groups in total. The van der Waals surface area contributed by atoms with Crippen LogP contribution in [0.2, 0.25) is 0 Å². The van der Waals surface area contributed by atoms with Gasteiger partial charge in [-0.2, -0.15) is 0 Å². The molecule has 6 aliphatic rings. The van der Waals surface area contributed by atoms with Crippen LogP contribution in [0.3, 0.4) is 0 Å². The lowest BCUT2D eigenvalue weighted by atomic mass is 9.78. The van der Waals surface area contributed by atoms with E-state index in [9.17, 15) is 5.11 Å². The maximum absolute atomic E-state index is 10.5. The fourth-order valence-electron chi connectivity index (χ4n) is 8.78. The minimum Gasteiger partial charge on any atom is -0.491 e. The fraction of sp³-hybridized carbons (Fsp3) is 0.379. The van der Waals surface area contributed by atoms with E-state index in [1.165, 1.54) is 33.6 Å². The Labute approximate surface area is 415 Å². The number of epoxide rings is 6. The van der Waals surface area contributed by atoms with E-state index in [4.69, 9.17) is 47.4 Å². The smallest absolute Gasteiger partial charge is 0.223 e. The van der Waals surface area contributed by atoms with Crippen LogP contribution in [0, 0.1) is 0 Å². The molecule has 6 saturated heterocycles. The minimum absolute atomic E-state index is 0.102. The number of anilines is 2. The minimum atomic E-state index is -0.772. The highest BCUT2D eigenvalue weighted by atomic mass is 16.8. The largest absolute Gasteiger partial charge is 0.491 e. The molecule has 0 aromatic heterocycles. The van der Waals surface area contributed by atoms with Crippen LogP contribution in [-0.4, -0.2) is 102 Å². The number of ether oxygens (including phenoxy) is 10. The van der Waals surface area contributed by atoms with E-state index in [2.05, 4.69) is 135 Å². The van der Waals surface area contributed by atoms with Crippen LogP contribution in [0.25, 0.3) is 0 Å². The van der Waals surface area contributed by atoms with E-state index in [-0.39, 0.29) is 61.5 Å². The Morgan fingerprint density at radius 3 is 0.972 bits per heavy atom. The number of benzene rings is 6. The lowest BCUT2D eigenvalue weighted by molar-refractivity contribution is 0.0626.